The lowest BCUT2D eigenvalue weighted by Gasteiger charge is -2.15. The van der Waals surface area contributed by atoms with Crippen LogP contribution < -0.4 is 20.5 Å². The van der Waals surface area contributed by atoms with Crippen molar-refractivity contribution in [3.63, 3.8) is 0 Å². The summed E-state index contributed by atoms with van der Waals surface area (Å²) in [5.74, 6) is 1.57. The van der Waals surface area contributed by atoms with Crippen molar-refractivity contribution in [2.24, 2.45) is 5.73 Å². The van der Waals surface area contributed by atoms with E-state index >= 15 is 0 Å². The van der Waals surface area contributed by atoms with Crippen LogP contribution in [0.4, 0.5) is 0 Å². The lowest BCUT2D eigenvalue weighted by Crippen LogP contribution is -2.21. The fourth-order valence-electron chi connectivity index (χ4n) is 3.80. The Hall–Kier alpha value is -3.38. The largest absolute Gasteiger partial charge is 0.497 e. The van der Waals surface area contributed by atoms with Crippen molar-refractivity contribution in [3.8, 4) is 17.4 Å². The standard InChI is InChI=1S/C24H25N3O3/c1-29-19-4-2-3-16(13-19)11-12-26-22-9-5-17-14-20(7-8-21(17)22)30-23-10-6-18(15-27-23)24(25)28/h2-4,6-8,10,13-15,22,26H,5,9,11-12H2,1H3,(H2,25,28). The van der Waals surface area contributed by atoms with Gasteiger partial charge >= 0.3 is 0 Å². The summed E-state index contributed by atoms with van der Waals surface area (Å²) in [6.45, 7) is 0.908. The summed E-state index contributed by atoms with van der Waals surface area (Å²) in [5, 5.41) is 3.67. The molecule has 1 atom stereocenters. The average Bonchev–Trinajstić information content (AvgIpc) is 3.16. The number of methoxy groups -OCH3 is 1. The molecule has 1 aromatic heterocycles. The summed E-state index contributed by atoms with van der Waals surface area (Å²) in [6.07, 6.45) is 4.46. The van der Waals surface area contributed by atoms with E-state index in [1.165, 1.54) is 22.9 Å². The molecule has 1 heterocycles. The van der Waals surface area contributed by atoms with Gasteiger partial charge in [-0.1, -0.05) is 18.2 Å². The van der Waals surface area contributed by atoms with Crippen molar-refractivity contribution in [1.82, 2.24) is 10.3 Å². The molecule has 154 valence electrons. The highest BCUT2D eigenvalue weighted by molar-refractivity contribution is 5.92. The number of primary amides is 1. The monoisotopic (exact) mass is 403 g/mol. The molecular formula is C24H25N3O3. The van der Waals surface area contributed by atoms with Crippen LogP contribution >= 0.6 is 0 Å². The number of amides is 1. The highest BCUT2D eigenvalue weighted by Crippen LogP contribution is 2.34. The molecule has 6 heteroatoms. The maximum absolute atomic E-state index is 11.1. The molecule has 0 aliphatic heterocycles. The lowest BCUT2D eigenvalue weighted by atomic mass is 10.1. The molecule has 0 saturated carbocycles. The second-order valence-corrected chi connectivity index (χ2v) is 7.36. The minimum atomic E-state index is -0.503. The second-order valence-electron chi connectivity index (χ2n) is 7.36. The van der Waals surface area contributed by atoms with Crippen molar-refractivity contribution in [3.05, 3.63) is 83.0 Å². The molecule has 0 fully saturated rings. The molecule has 1 aliphatic rings. The van der Waals surface area contributed by atoms with E-state index in [1.54, 1.807) is 19.2 Å². The average molecular weight is 403 g/mol. The number of benzene rings is 2. The number of nitrogens with two attached hydrogens (primary N) is 1. The maximum Gasteiger partial charge on any atom is 0.250 e. The van der Waals surface area contributed by atoms with Crippen molar-refractivity contribution >= 4 is 5.91 Å². The van der Waals surface area contributed by atoms with Gasteiger partial charge < -0.3 is 20.5 Å². The van der Waals surface area contributed by atoms with E-state index in [0.29, 0.717) is 17.5 Å². The molecule has 1 unspecified atom stereocenters. The number of nitrogens with one attached hydrogen (secondary N) is 1. The number of hydrogen-bond donors (Lipinski definition) is 2. The van der Waals surface area contributed by atoms with Crippen LogP contribution in [-0.4, -0.2) is 24.5 Å². The minimum absolute atomic E-state index is 0.354. The van der Waals surface area contributed by atoms with E-state index < -0.39 is 5.91 Å². The van der Waals surface area contributed by atoms with Gasteiger partial charge in [0.1, 0.15) is 11.5 Å². The van der Waals surface area contributed by atoms with Gasteiger partial charge in [0.15, 0.2) is 0 Å². The molecule has 2 aromatic carbocycles. The van der Waals surface area contributed by atoms with Gasteiger partial charge in [0.2, 0.25) is 11.8 Å². The van der Waals surface area contributed by atoms with Crippen LogP contribution in [0.5, 0.6) is 17.4 Å². The third-order valence-corrected chi connectivity index (χ3v) is 5.37. The summed E-state index contributed by atoms with van der Waals surface area (Å²) in [7, 11) is 1.69. The summed E-state index contributed by atoms with van der Waals surface area (Å²) in [5.41, 5.74) is 9.48. The van der Waals surface area contributed by atoms with Gasteiger partial charge in [0.25, 0.3) is 0 Å². The number of fused-ring (bicyclic) bond motifs is 1. The topological polar surface area (TPSA) is 86.5 Å². The Kier molecular flexibility index (Phi) is 5.95. The third kappa shape index (κ3) is 4.60. The van der Waals surface area contributed by atoms with Crippen molar-refractivity contribution in [1.29, 1.82) is 0 Å². The van der Waals surface area contributed by atoms with Crippen LogP contribution in [0.2, 0.25) is 0 Å². The van der Waals surface area contributed by atoms with Gasteiger partial charge in [-0.25, -0.2) is 4.98 Å². The third-order valence-electron chi connectivity index (χ3n) is 5.37. The molecule has 6 nitrogen and oxygen atoms in total. The van der Waals surface area contributed by atoms with Crippen LogP contribution in [0, 0.1) is 0 Å². The van der Waals surface area contributed by atoms with E-state index in [9.17, 15) is 4.79 Å². The minimum Gasteiger partial charge on any atom is -0.497 e. The summed E-state index contributed by atoms with van der Waals surface area (Å²) >= 11 is 0. The zero-order chi connectivity index (χ0) is 20.9. The Morgan fingerprint density at radius 3 is 2.83 bits per heavy atom. The number of hydrogen-bond acceptors (Lipinski definition) is 5. The van der Waals surface area contributed by atoms with Gasteiger partial charge in [-0.15, -0.1) is 0 Å². The number of pyridine rings is 1. The molecule has 0 bridgehead atoms. The number of ether oxygens (including phenoxy) is 2. The van der Waals surface area contributed by atoms with Crippen molar-refractivity contribution in [2.75, 3.05) is 13.7 Å². The first-order chi connectivity index (χ1) is 14.6. The van der Waals surface area contributed by atoms with Crippen LogP contribution in [0.25, 0.3) is 0 Å². The summed E-state index contributed by atoms with van der Waals surface area (Å²) < 4.78 is 11.1. The Morgan fingerprint density at radius 1 is 1.17 bits per heavy atom. The fourth-order valence-corrected chi connectivity index (χ4v) is 3.80. The molecule has 1 aliphatic carbocycles. The second kappa shape index (κ2) is 8.97. The predicted octanol–water partition coefficient (Wildman–Crippen LogP) is 3.80. The van der Waals surface area contributed by atoms with Crippen LogP contribution in [0.15, 0.2) is 60.8 Å². The van der Waals surface area contributed by atoms with Crippen LogP contribution in [-0.2, 0) is 12.8 Å². The molecule has 4 rings (SSSR count). The zero-order valence-corrected chi connectivity index (χ0v) is 16.9. The zero-order valence-electron chi connectivity index (χ0n) is 16.9. The molecular weight excluding hydrogens is 378 g/mol. The van der Waals surface area contributed by atoms with Crippen LogP contribution in [0.3, 0.4) is 0 Å². The molecule has 3 N–H and O–H groups in total. The van der Waals surface area contributed by atoms with E-state index in [2.05, 4.69) is 34.6 Å². The number of nitrogens with zero attached hydrogens (tertiary/aromatic N) is 1. The molecule has 0 saturated heterocycles. The summed E-state index contributed by atoms with van der Waals surface area (Å²) in [4.78, 5) is 15.3. The van der Waals surface area contributed by atoms with Gasteiger partial charge in [0.05, 0.1) is 12.7 Å². The Bertz CT molecular complexity index is 1030. The highest BCUT2D eigenvalue weighted by Gasteiger charge is 2.22. The van der Waals surface area contributed by atoms with Gasteiger partial charge in [-0.05, 0) is 72.8 Å². The van der Waals surface area contributed by atoms with E-state index in [0.717, 1.165) is 37.3 Å². The van der Waals surface area contributed by atoms with Gasteiger partial charge in [-0.2, -0.15) is 0 Å². The quantitative estimate of drug-likeness (QED) is 0.597. The lowest BCUT2D eigenvalue weighted by molar-refractivity contribution is 0.1000. The molecule has 1 amide bonds. The first-order valence-corrected chi connectivity index (χ1v) is 10.1. The van der Waals surface area contributed by atoms with Crippen molar-refractivity contribution < 1.29 is 14.3 Å². The summed E-state index contributed by atoms with van der Waals surface area (Å²) in [6, 6.07) is 18.0. The van der Waals surface area contributed by atoms with E-state index in [1.807, 2.05) is 18.2 Å². The first kappa shape index (κ1) is 19.9. The Labute approximate surface area is 176 Å². The fraction of sp³-hybridized carbons (Fsp3) is 0.250. The number of carbonyl (C=O) groups excluding carboxylic acids is 1. The SMILES string of the molecule is COc1cccc(CCNC2CCc3cc(Oc4ccc(C(N)=O)cn4)ccc32)c1. The number of aromatic nitrogens is 1. The smallest absolute Gasteiger partial charge is 0.250 e. The van der Waals surface area contributed by atoms with Crippen molar-refractivity contribution in [2.45, 2.75) is 25.3 Å². The van der Waals surface area contributed by atoms with Gasteiger partial charge in [-0.3, -0.25) is 4.79 Å². The molecule has 3 aromatic rings. The predicted molar refractivity (Wildman–Crippen MR) is 115 cm³/mol. The maximum atomic E-state index is 11.1. The Balaban J connectivity index is 1.35. The normalized spacial score (nSPS) is 14.9. The molecule has 30 heavy (non-hydrogen) atoms. The Morgan fingerprint density at radius 2 is 2.07 bits per heavy atom. The number of carbonyl (C=O) groups is 1. The number of aryl methyl sites for hydroxylation is 1. The molecule has 0 radical (unpaired) electrons. The van der Waals surface area contributed by atoms with E-state index in [-0.39, 0.29) is 0 Å². The van der Waals surface area contributed by atoms with Gasteiger partial charge in [0, 0.05) is 18.3 Å². The first-order valence-electron chi connectivity index (χ1n) is 10.1. The van der Waals surface area contributed by atoms with E-state index in [4.69, 9.17) is 15.2 Å². The van der Waals surface area contributed by atoms with Crippen LogP contribution in [0.1, 0.15) is 39.5 Å². The highest BCUT2D eigenvalue weighted by atomic mass is 16.5. The number of rotatable bonds is 8. The molecule has 0 spiro atoms.